The molecule has 0 aliphatic heterocycles. The first-order valence-electron chi connectivity index (χ1n) is 10.3. The predicted molar refractivity (Wildman–Crippen MR) is 120 cm³/mol. The van der Waals surface area contributed by atoms with Gasteiger partial charge >= 0.3 is 0 Å². The average Bonchev–Trinajstić information content (AvgIpc) is 3.17. The number of sulfonamides is 1. The topological polar surface area (TPSA) is 124 Å². The lowest BCUT2D eigenvalue weighted by Crippen LogP contribution is -2.28. The van der Waals surface area contributed by atoms with Crippen molar-refractivity contribution in [1.29, 1.82) is 5.26 Å². The average molecular weight is 480 g/mol. The van der Waals surface area contributed by atoms with Crippen LogP contribution >= 0.6 is 11.6 Å². The number of nitriles is 1. The summed E-state index contributed by atoms with van der Waals surface area (Å²) in [5.74, 6) is 0.543. The lowest BCUT2D eigenvalue weighted by atomic mass is 10.0. The molecule has 0 radical (unpaired) electrons. The summed E-state index contributed by atoms with van der Waals surface area (Å²) in [5.41, 5.74) is 7.74. The van der Waals surface area contributed by atoms with Crippen molar-refractivity contribution >= 4 is 21.6 Å². The molecule has 0 bridgehead atoms. The van der Waals surface area contributed by atoms with Crippen LogP contribution in [-0.4, -0.2) is 47.9 Å². The third-order valence-corrected chi connectivity index (χ3v) is 6.65. The van der Waals surface area contributed by atoms with Crippen LogP contribution in [0.3, 0.4) is 0 Å². The van der Waals surface area contributed by atoms with Crippen molar-refractivity contribution in [3.63, 3.8) is 0 Å². The third-order valence-electron chi connectivity index (χ3n) is 4.96. The van der Waals surface area contributed by atoms with Gasteiger partial charge in [0, 0.05) is 18.1 Å². The molecule has 2 aromatic rings. The number of hydrogen-bond acceptors (Lipinski definition) is 7. The quantitative estimate of drug-likeness (QED) is 0.448. The van der Waals surface area contributed by atoms with Gasteiger partial charge in [0.05, 0.1) is 43.0 Å². The van der Waals surface area contributed by atoms with E-state index in [-0.39, 0.29) is 24.2 Å². The number of fused-ring (bicyclic) bond motifs is 1. The summed E-state index contributed by atoms with van der Waals surface area (Å²) in [6, 6.07) is 11.9. The summed E-state index contributed by atoms with van der Waals surface area (Å²) >= 11 is 6.14. The molecule has 0 saturated heterocycles. The molecular formula is C22H26ClN3O5S. The maximum Gasteiger partial charge on any atom is 0.240 e. The number of benzene rings is 2. The lowest BCUT2D eigenvalue weighted by Gasteiger charge is -2.16. The van der Waals surface area contributed by atoms with Gasteiger partial charge in [-0.25, -0.2) is 13.1 Å². The monoisotopic (exact) mass is 479 g/mol. The van der Waals surface area contributed by atoms with E-state index in [1.807, 2.05) is 6.07 Å². The van der Waals surface area contributed by atoms with Crippen LogP contribution in [0.25, 0.3) is 0 Å². The molecule has 0 amide bonds. The molecular weight excluding hydrogens is 454 g/mol. The second-order valence-corrected chi connectivity index (χ2v) is 9.36. The van der Waals surface area contributed by atoms with Crippen LogP contribution in [0.2, 0.25) is 5.02 Å². The van der Waals surface area contributed by atoms with Gasteiger partial charge in [-0.05, 0) is 60.4 Å². The van der Waals surface area contributed by atoms with Gasteiger partial charge in [-0.3, -0.25) is 0 Å². The van der Waals surface area contributed by atoms with Crippen molar-refractivity contribution in [1.82, 2.24) is 4.72 Å². The maximum atomic E-state index is 12.4. The molecule has 2 aromatic carbocycles. The molecule has 3 N–H and O–H groups in total. The van der Waals surface area contributed by atoms with Gasteiger partial charge in [0.1, 0.15) is 11.9 Å². The molecule has 1 aliphatic rings. The summed E-state index contributed by atoms with van der Waals surface area (Å²) in [5, 5.41) is 9.81. The highest BCUT2D eigenvalue weighted by Crippen LogP contribution is 2.38. The number of nitrogens with zero attached hydrogens (tertiary/aromatic N) is 1. The Morgan fingerprint density at radius 2 is 1.84 bits per heavy atom. The standard InChI is InChI=1S/C22H26ClN3O5S/c23-17-13-16(15-25)20-5-6-22(21(20)14-17)31-18-1-3-19(4-2-18)32(27,28)26-8-10-30-12-11-29-9-7-24/h1-4,13-14,22,26H,5-12,24H2/t22-/m1/s1. The van der Waals surface area contributed by atoms with E-state index in [9.17, 15) is 13.7 Å². The smallest absolute Gasteiger partial charge is 0.240 e. The van der Waals surface area contributed by atoms with E-state index in [1.54, 1.807) is 18.2 Å². The molecule has 0 unspecified atom stereocenters. The first kappa shape index (κ1) is 24.5. The van der Waals surface area contributed by atoms with Crippen LogP contribution in [-0.2, 0) is 25.9 Å². The molecule has 0 saturated carbocycles. The fourth-order valence-corrected chi connectivity index (χ4v) is 4.72. The zero-order valence-corrected chi connectivity index (χ0v) is 19.1. The van der Waals surface area contributed by atoms with Crippen LogP contribution in [0.5, 0.6) is 5.75 Å². The van der Waals surface area contributed by atoms with Gasteiger partial charge < -0.3 is 19.9 Å². The second-order valence-electron chi connectivity index (χ2n) is 7.16. The third kappa shape index (κ3) is 6.42. The minimum Gasteiger partial charge on any atom is -0.486 e. The van der Waals surface area contributed by atoms with Crippen molar-refractivity contribution in [2.24, 2.45) is 5.73 Å². The minimum absolute atomic E-state index is 0.137. The number of nitrogens with one attached hydrogen (secondary N) is 1. The molecule has 3 rings (SSSR count). The first-order valence-corrected chi connectivity index (χ1v) is 12.1. The first-order chi connectivity index (χ1) is 15.4. The van der Waals surface area contributed by atoms with E-state index >= 15 is 0 Å². The largest absolute Gasteiger partial charge is 0.486 e. The number of hydrogen-bond donors (Lipinski definition) is 2. The predicted octanol–water partition coefficient (Wildman–Crippen LogP) is 2.55. The van der Waals surface area contributed by atoms with E-state index in [0.717, 1.165) is 24.0 Å². The highest BCUT2D eigenvalue weighted by Gasteiger charge is 2.27. The Morgan fingerprint density at radius 1 is 1.12 bits per heavy atom. The van der Waals surface area contributed by atoms with Crippen molar-refractivity contribution in [3.05, 3.63) is 58.1 Å². The number of ether oxygens (including phenoxy) is 3. The van der Waals surface area contributed by atoms with E-state index < -0.39 is 10.0 Å². The van der Waals surface area contributed by atoms with E-state index in [1.165, 1.54) is 12.1 Å². The molecule has 172 valence electrons. The second kappa shape index (κ2) is 11.6. The van der Waals surface area contributed by atoms with Gasteiger partial charge in [-0.15, -0.1) is 0 Å². The van der Waals surface area contributed by atoms with Gasteiger partial charge in [-0.2, -0.15) is 5.26 Å². The highest BCUT2D eigenvalue weighted by molar-refractivity contribution is 7.89. The van der Waals surface area contributed by atoms with Crippen LogP contribution < -0.4 is 15.2 Å². The van der Waals surface area contributed by atoms with Crippen LogP contribution in [0, 0.1) is 11.3 Å². The number of rotatable bonds is 12. The zero-order valence-electron chi connectivity index (χ0n) is 17.6. The molecule has 32 heavy (non-hydrogen) atoms. The minimum atomic E-state index is -3.66. The van der Waals surface area contributed by atoms with E-state index in [2.05, 4.69) is 10.8 Å². The number of nitrogens with two attached hydrogens (primary N) is 1. The maximum absolute atomic E-state index is 12.4. The number of halogens is 1. The van der Waals surface area contributed by atoms with E-state index in [0.29, 0.717) is 42.7 Å². The normalized spacial score (nSPS) is 15.3. The molecule has 1 atom stereocenters. The van der Waals surface area contributed by atoms with Crippen molar-refractivity contribution in [3.8, 4) is 11.8 Å². The Bertz CT molecular complexity index is 1050. The fourth-order valence-electron chi connectivity index (χ4n) is 3.48. The van der Waals surface area contributed by atoms with Crippen molar-refractivity contribution in [2.75, 3.05) is 39.5 Å². The lowest BCUT2D eigenvalue weighted by molar-refractivity contribution is 0.0530. The Labute approximate surface area is 193 Å². The Balaban J connectivity index is 1.53. The molecule has 0 spiro atoms. The summed E-state index contributed by atoms with van der Waals surface area (Å²) in [7, 11) is -3.66. The summed E-state index contributed by atoms with van der Waals surface area (Å²) < 4.78 is 43.9. The van der Waals surface area contributed by atoms with Crippen LogP contribution in [0.4, 0.5) is 0 Å². The Kier molecular flexibility index (Phi) is 8.87. The van der Waals surface area contributed by atoms with Crippen LogP contribution in [0.1, 0.15) is 29.2 Å². The Hall–Kier alpha value is -2.19. The van der Waals surface area contributed by atoms with Crippen LogP contribution in [0.15, 0.2) is 41.3 Å². The van der Waals surface area contributed by atoms with Gasteiger partial charge in [-0.1, -0.05) is 11.6 Å². The van der Waals surface area contributed by atoms with E-state index in [4.69, 9.17) is 31.5 Å². The Morgan fingerprint density at radius 3 is 2.53 bits per heavy atom. The van der Waals surface area contributed by atoms with Gasteiger partial charge in [0.15, 0.2) is 0 Å². The van der Waals surface area contributed by atoms with Gasteiger partial charge in [0.25, 0.3) is 0 Å². The highest BCUT2D eigenvalue weighted by atomic mass is 35.5. The SMILES string of the molecule is N#Cc1cc(Cl)cc2c1CC[C@H]2Oc1ccc(S(=O)(=O)NCCOCCOCCN)cc1. The summed E-state index contributed by atoms with van der Waals surface area (Å²) in [4.78, 5) is 0.137. The zero-order chi connectivity index (χ0) is 23.0. The molecule has 0 heterocycles. The molecule has 0 fully saturated rings. The molecule has 1 aliphatic carbocycles. The molecule has 0 aromatic heterocycles. The summed E-state index contributed by atoms with van der Waals surface area (Å²) in [6.45, 7) is 2.10. The molecule has 10 heteroatoms. The molecule has 8 nitrogen and oxygen atoms in total. The fraction of sp³-hybridized carbons (Fsp3) is 0.409. The summed E-state index contributed by atoms with van der Waals surface area (Å²) in [6.07, 6.45) is 1.23. The van der Waals surface area contributed by atoms with Crippen molar-refractivity contribution < 1.29 is 22.6 Å². The van der Waals surface area contributed by atoms with Crippen molar-refractivity contribution in [2.45, 2.75) is 23.8 Å². The van der Waals surface area contributed by atoms with Gasteiger partial charge in [0.2, 0.25) is 10.0 Å².